The topological polar surface area (TPSA) is 84.9 Å². The van der Waals surface area contributed by atoms with Gasteiger partial charge in [-0.15, -0.1) is 0 Å². The van der Waals surface area contributed by atoms with Crippen molar-refractivity contribution in [1.29, 1.82) is 0 Å². The Balaban J connectivity index is 1.38. The number of nitrogens with zero attached hydrogens (tertiary/aromatic N) is 1. The van der Waals surface area contributed by atoms with Crippen LogP contribution in [0.1, 0.15) is 25.7 Å². The van der Waals surface area contributed by atoms with Crippen LogP contribution in [-0.2, 0) is 14.8 Å². The van der Waals surface area contributed by atoms with Crippen LogP contribution in [0, 0.1) is 5.82 Å². The molecule has 0 spiro atoms. The molecule has 0 saturated carbocycles. The minimum absolute atomic E-state index is 0.0373. The molecule has 2 bridgehead atoms. The van der Waals surface area contributed by atoms with Gasteiger partial charge < -0.3 is 14.4 Å². The van der Waals surface area contributed by atoms with Crippen molar-refractivity contribution in [1.82, 2.24) is 4.90 Å². The van der Waals surface area contributed by atoms with Crippen molar-refractivity contribution in [2.24, 2.45) is 0 Å². The molecule has 0 aromatic heterocycles. The highest BCUT2D eigenvalue weighted by Crippen LogP contribution is 2.37. The third-order valence-corrected chi connectivity index (χ3v) is 6.51. The molecule has 2 heterocycles. The van der Waals surface area contributed by atoms with E-state index in [-0.39, 0.29) is 48.0 Å². The van der Waals surface area contributed by atoms with Crippen LogP contribution in [0.25, 0.3) is 0 Å². The number of hydrogen-bond donors (Lipinski definition) is 1. The van der Waals surface area contributed by atoms with E-state index < -0.39 is 10.0 Å². The summed E-state index contributed by atoms with van der Waals surface area (Å²) in [5.41, 5.74) is 0.183. The summed E-state index contributed by atoms with van der Waals surface area (Å²) in [6.07, 6.45) is 4.16. The Hall–Kier alpha value is -2.52. The van der Waals surface area contributed by atoms with Gasteiger partial charge in [0.2, 0.25) is 10.0 Å². The van der Waals surface area contributed by atoms with E-state index in [2.05, 4.69) is 4.72 Å². The fourth-order valence-corrected chi connectivity index (χ4v) is 5.19. The highest BCUT2D eigenvalue weighted by atomic mass is 35.5. The summed E-state index contributed by atoms with van der Waals surface area (Å²) in [4.78, 5) is 14.8. The Morgan fingerprint density at radius 3 is 2.44 bits per heavy atom. The van der Waals surface area contributed by atoms with E-state index >= 15 is 0 Å². The van der Waals surface area contributed by atoms with Crippen molar-refractivity contribution in [3.63, 3.8) is 0 Å². The summed E-state index contributed by atoms with van der Waals surface area (Å²) >= 11 is 5.96. The standard InChI is InChI=1S/C22H24ClFN2O5S/c1-32(28,29)25-20-10-14(23)2-9-21(20)30-13-22(27)26-16-5-6-17(26)12-19(11-16)31-18-7-3-15(24)4-8-18/h2-4,7-10,16-17,19,25H,5-6,11-13H2,1H3. The zero-order chi connectivity index (χ0) is 22.9. The molecule has 2 aliphatic rings. The van der Waals surface area contributed by atoms with Crippen LogP contribution in [0.4, 0.5) is 10.1 Å². The number of nitrogens with one attached hydrogen (secondary N) is 1. The Morgan fingerprint density at radius 1 is 1.16 bits per heavy atom. The van der Waals surface area contributed by atoms with Gasteiger partial charge in [0.1, 0.15) is 23.4 Å². The maximum Gasteiger partial charge on any atom is 0.261 e. The van der Waals surface area contributed by atoms with Crippen LogP contribution < -0.4 is 14.2 Å². The number of benzene rings is 2. The van der Waals surface area contributed by atoms with Gasteiger partial charge in [-0.05, 0) is 55.3 Å². The Kier molecular flexibility index (Phi) is 6.48. The zero-order valence-corrected chi connectivity index (χ0v) is 19.0. The van der Waals surface area contributed by atoms with Crippen molar-refractivity contribution in [2.75, 3.05) is 17.6 Å². The van der Waals surface area contributed by atoms with Gasteiger partial charge in [0.25, 0.3) is 5.91 Å². The summed E-state index contributed by atoms with van der Waals surface area (Å²) in [6, 6.07) is 10.6. The second kappa shape index (κ2) is 9.15. The van der Waals surface area contributed by atoms with E-state index in [0.29, 0.717) is 23.6 Å². The number of fused-ring (bicyclic) bond motifs is 2. The predicted octanol–water partition coefficient (Wildman–Crippen LogP) is 3.83. The summed E-state index contributed by atoms with van der Waals surface area (Å²) in [6.45, 7) is -0.212. The van der Waals surface area contributed by atoms with E-state index in [1.807, 2.05) is 4.90 Å². The predicted molar refractivity (Wildman–Crippen MR) is 119 cm³/mol. The number of hydrogen-bond acceptors (Lipinski definition) is 5. The lowest BCUT2D eigenvalue weighted by Gasteiger charge is -2.38. The lowest BCUT2D eigenvalue weighted by molar-refractivity contribution is -0.139. The molecule has 2 atom stereocenters. The Bertz CT molecular complexity index is 1080. The first-order valence-corrected chi connectivity index (χ1v) is 12.6. The van der Waals surface area contributed by atoms with Crippen LogP contribution in [0.5, 0.6) is 11.5 Å². The molecule has 172 valence electrons. The maximum atomic E-state index is 13.1. The van der Waals surface area contributed by atoms with Gasteiger partial charge in [-0.1, -0.05) is 11.6 Å². The molecule has 32 heavy (non-hydrogen) atoms. The third kappa shape index (κ3) is 5.45. The molecule has 2 aromatic carbocycles. The molecular formula is C22H24ClFN2O5S. The molecule has 7 nitrogen and oxygen atoms in total. The van der Waals surface area contributed by atoms with E-state index in [4.69, 9.17) is 21.1 Å². The van der Waals surface area contributed by atoms with E-state index in [1.54, 1.807) is 18.2 Å². The molecule has 10 heteroatoms. The van der Waals surface area contributed by atoms with Crippen LogP contribution >= 0.6 is 11.6 Å². The number of amides is 1. The fourth-order valence-electron chi connectivity index (χ4n) is 4.46. The number of ether oxygens (including phenoxy) is 2. The van der Waals surface area contributed by atoms with Crippen molar-refractivity contribution >= 4 is 33.2 Å². The average molecular weight is 483 g/mol. The van der Waals surface area contributed by atoms with Gasteiger partial charge in [0.05, 0.1) is 11.9 Å². The van der Waals surface area contributed by atoms with E-state index in [1.165, 1.54) is 24.3 Å². The number of carbonyl (C=O) groups is 1. The number of carbonyl (C=O) groups excluding carboxylic acids is 1. The van der Waals surface area contributed by atoms with Gasteiger partial charge in [-0.3, -0.25) is 9.52 Å². The van der Waals surface area contributed by atoms with Crippen LogP contribution in [0.3, 0.4) is 0 Å². The molecule has 4 rings (SSSR count). The van der Waals surface area contributed by atoms with Gasteiger partial charge in [0, 0.05) is 29.9 Å². The van der Waals surface area contributed by atoms with Crippen molar-refractivity contribution < 1.29 is 27.1 Å². The highest BCUT2D eigenvalue weighted by molar-refractivity contribution is 7.92. The van der Waals surface area contributed by atoms with E-state index in [0.717, 1.165) is 19.1 Å². The first-order chi connectivity index (χ1) is 15.2. The van der Waals surface area contributed by atoms with Crippen LogP contribution in [-0.4, -0.2) is 50.3 Å². The zero-order valence-electron chi connectivity index (χ0n) is 17.5. The first-order valence-electron chi connectivity index (χ1n) is 10.3. The molecular weight excluding hydrogens is 459 g/mol. The number of anilines is 1. The molecule has 2 fully saturated rings. The second-order valence-electron chi connectivity index (χ2n) is 8.15. The smallest absolute Gasteiger partial charge is 0.261 e. The fraction of sp³-hybridized carbons (Fsp3) is 0.409. The van der Waals surface area contributed by atoms with Gasteiger partial charge in [0.15, 0.2) is 6.61 Å². The van der Waals surface area contributed by atoms with E-state index in [9.17, 15) is 17.6 Å². The number of rotatable bonds is 7. The minimum Gasteiger partial charge on any atom is -0.490 e. The summed E-state index contributed by atoms with van der Waals surface area (Å²) in [5.74, 6) is 0.383. The monoisotopic (exact) mass is 482 g/mol. The normalized spacial score (nSPS) is 22.5. The Morgan fingerprint density at radius 2 is 1.81 bits per heavy atom. The highest BCUT2D eigenvalue weighted by Gasteiger charge is 2.44. The van der Waals surface area contributed by atoms with Crippen LogP contribution in [0.15, 0.2) is 42.5 Å². The maximum absolute atomic E-state index is 13.1. The van der Waals surface area contributed by atoms with Crippen LogP contribution in [0.2, 0.25) is 5.02 Å². The largest absolute Gasteiger partial charge is 0.490 e. The third-order valence-electron chi connectivity index (χ3n) is 5.68. The number of piperidine rings is 1. The summed E-state index contributed by atoms with van der Waals surface area (Å²) in [7, 11) is -3.54. The average Bonchev–Trinajstić information content (AvgIpc) is 2.98. The van der Waals surface area contributed by atoms with Gasteiger partial charge in [-0.25, -0.2) is 12.8 Å². The summed E-state index contributed by atoms with van der Waals surface area (Å²) < 4.78 is 50.4. The lowest BCUT2D eigenvalue weighted by atomic mass is 9.99. The SMILES string of the molecule is CS(=O)(=O)Nc1cc(Cl)ccc1OCC(=O)N1C2CCC1CC(Oc1ccc(F)cc1)C2. The molecule has 0 aliphatic carbocycles. The quantitative estimate of drug-likeness (QED) is 0.648. The molecule has 0 radical (unpaired) electrons. The molecule has 2 aromatic rings. The van der Waals surface area contributed by atoms with Gasteiger partial charge >= 0.3 is 0 Å². The van der Waals surface area contributed by atoms with Crippen molar-refractivity contribution in [3.05, 3.63) is 53.3 Å². The molecule has 2 aliphatic heterocycles. The Labute approximate surface area is 191 Å². The molecule has 1 N–H and O–H groups in total. The molecule has 2 saturated heterocycles. The molecule has 2 unspecified atom stereocenters. The lowest BCUT2D eigenvalue weighted by Crippen LogP contribution is -2.50. The number of sulfonamides is 1. The first kappa shape index (κ1) is 22.7. The minimum atomic E-state index is -3.54. The van der Waals surface area contributed by atoms with Crippen molar-refractivity contribution in [2.45, 2.75) is 43.9 Å². The second-order valence-corrected chi connectivity index (χ2v) is 10.3. The summed E-state index contributed by atoms with van der Waals surface area (Å²) in [5, 5.41) is 0.344. The van der Waals surface area contributed by atoms with Crippen molar-refractivity contribution in [3.8, 4) is 11.5 Å². The number of halogens is 2. The molecule has 1 amide bonds. The van der Waals surface area contributed by atoms with Gasteiger partial charge in [-0.2, -0.15) is 0 Å².